The van der Waals surface area contributed by atoms with Crippen LogP contribution in [0.1, 0.15) is 5.56 Å². The van der Waals surface area contributed by atoms with Crippen molar-refractivity contribution in [3.8, 4) is 0 Å². The second kappa shape index (κ2) is 2.80. The molecular formula is C7H8Cl2N2. The molecule has 1 aromatic rings. The van der Waals surface area contributed by atoms with Crippen LogP contribution < -0.4 is 11.5 Å². The predicted octanol–water partition coefficient (Wildman–Crippen LogP) is 2.47. The highest BCUT2D eigenvalue weighted by molar-refractivity contribution is 6.40. The highest BCUT2D eigenvalue weighted by Gasteiger charge is 2.07. The predicted molar refractivity (Wildman–Crippen MR) is 50.0 cm³/mol. The molecule has 60 valence electrons. The highest BCUT2D eigenvalue weighted by Crippen LogP contribution is 2.34. The van der Waals surface area contributed by atoms with Crippen LogP contribution in [0.25, 0.3) is 0 Å². The van der Waals surface area contributed by atoms with Gasteiger partial charge >= 0.3 is 0 Å². The number of hydrogen-bond donors (Lipinski definition) is 2. The zero-order chi connectivity index (χ0) is 8.59. The van der Waals surface area contributed by atoms with Gasteiger partial charge in [0.05, 0.1) is 21.4 Å². The first-order chi connectivity index (χ1) is 5.04. The van der Waals surface area contributed by atoms with Crippen LogP contribution in [-0.4, -0.2) is 0 Å². The van der Waals surface area contributed by atoms with Crippen LogP contribution in [0.4, 0.5) is 11.4 Å². The SMILES string of the molecule is Cc1cc(N)c(Cl)c(N)c1Cl. The summed E-state index contributed by atoms with van der Waals surface area (Å²) in [6.45, 7) is 1.82. The van der Waals surface area contributed by atoms with Crippen LogP contribution in [0.5, 0.6) is 0 Å². The van der Waals surface area contributed by atoms with E-state index in [1.165, 1.54) is 0 Å². The lowest BCUT2D eigenvalue weighted by molar-refractivity contribution is 1.47. The molecule has 0 aliphatic heterocycles. The van der Waals surface area contributed by atoms with E-state index in [0.717, 1.165) is 5.56 Å². The molecule has 0 fully saturated rings. The maximum atomic E-state index is 5.79. The van der Waals surface area contributed by atoms with E-state index in [1.807, 2.05) is 6.92 Å². The zero-order valence-electron chi connectivity index (χ0n) is 5.99. The van der Waals surface area contributed by atoms with Crippen LogP contribution >= 0.6 is 23.2 Å². The van der Waals surface area contributed by atoms with Gasteiger partial charge in [-0.2, -0.15) is 0 Å². The van der Waals surface area contributed by atoms with Gasteiger partial charge in [0.2, 0.25) is 0 Å². The Balaban J connectivity index is 3.46. The second-order valence-electron chi connectivity index (χ2n) is 2.32. The van der Waals surface area contributed by atoms with E-state index in [9.17, 15) is 0 Å². The monoisotopic (exact) mass is 190 g/mol. The molecule has 0 saturated heterocycles. The molecule has 0 radical (unpaired) electrons. The smallest absolute Gasteiger partial charge is 0.0880 e. The van der Waals surface area contributed by atoms with E-state index < -0.39 is 0 Å². The van der Waals surface area contributed by atoms with Crippen molar-refractivity contribution in [1.29, 1.82) is 0 Å². The molecule has 11 heavy (non-hydrogen) atoms. The first-order valence-electron chi connectivity index (χ1n) is 3.03. The van der Waals surface area contributed by atoms with Gasteiger partial charge in [-0.15, -0.1) is 0 Å². The summed E-state index contributed by atoms with van der Waals surface area (Å²) < 4.78 is 0. The maximum Gasteiger partial charge on any atom is 0.0880 e. The lowest BCUT2D eigenvalue weighted by atomic mass is 10.2. The molecule has 0 saturated carbocycles. The van der Waals surface area contributed by atoms with Gasteiger partial charge in [-0.25, -0.2) is 0 Å². The third kappa shape index (κ3) is 1.37. The van der Waals surface area contributed by atoms with Crippen molar-refractivity contribution in [2.24, 2.45) is 0 Å². The summed E-state index contributed by atoms with van der Waals surface area (Å²) in [4.78, 5) is 0. The molecule has 4 N–H and O–H groups in total. The molecule has 1 rings (SSSR count). The molecule has 4 heteroatoms. The van der Waals surface area contributed by atoms with Crippen LogP contribution in [-0.2, 0) is 0 Å². The number of benzene rings is 1. The Kier molecular flexibility index (Phi) is 2.16. The maximum absolute atomic E-state index is 5.79. The molecule has 0 atom stereocenters. The molecule has 0 amide bonds. The minimum atomic E-state index is 0.334. The van der Waals surface area contributed by atoms with Crippen LogP contribution in [0.2, 0.25) is 10.0 Å². The Hall–Kier alpha value is -0.600. The summed E-state index contributed by atoms with van der Waals surface area (Å²) in [6.07, 6.45) is 0. The normalized spacial score (nSPS) is 10.1. The van der Waals surface area contributed by atoms with Gasteiger partial charge < -0.3 is 11.5 Å². The van der Waals surface area contributed by atoms with Crippen molar-refractivity contribution in [2.75, 3.05) is 11.5 Å². The number of nitrogens with two attached hydrogens (primary N) is 2. The summed E-state index contributed by atoms with van der Waals surface area (Å²) in [5.41, 5.74) is 12.7. The molecule has 0 heterocycles. The Morgan fingerprint density at radius 3 is 2.27 bits per heavy atom. The second-order valence-corrected chi connectivity index (χ2v) is 3.08. The molecular weight excluding hydrogens is 183 g/mol. The molecule has 0 unspecified atom stereocenters. The van der Waals surface area contributed by atoms with Gasteiger partial charge in [0, 0.05) is 0 Å². The van der Waals surface area contributed by atoms with Crippen molar-refractivity contribution < 1.29 is 0 Å². The standard InChI is InChI=1S/C7H8Cl2N2/c1-3-2-4(10)6(9)7(11)5(3)8/h2H,10-11H2,1H3. The topological polar surface area (TPSA) is 52.0 Å². The lowest BCUT2D eigenvalue weighted by Gasteiger charge is -2.06. The number of rotatable bonds is 0. The largest absolute Gasteiger partial charge is 0.397 e. The third-order valence-electron chi connectivity index (χ3n) is 1.44. The number of halogens is 2. The summed E-state index contributed by atoms with van der Waals surface area (Å²) in [5, 5.41) is 0.810. The summed E-state index contributed by atoms with van der Waals surface area (Å²) >= 11 is 11.5. The average Bonchev–Trinajstić information content (AvgIpc) is 1.97. The van der Waals surface area contributed by atoms with Crippen LogP contribution in [0.15, 0.2) is 6.07 Å². The van der Waals surface area contributed by atoms with Gasteiger partial charge in [-0.1, -0.05) is 23.2 Å². The van der Waals surface area contributed by atoms with Gasteiger partial charge in [-0.05, 0) is 18.6 Å². The van der Waals surface area contributed by atoms with Crippen molar-refractivity contribution >= 4 is 34.6 Å². The van der Waals surface area contributed by atoms with Crippen LogP contribution in [0.3, 0.4) is 0 Å². The van der Waals surface area contributed by atoms with Crippen molar-refractivity contribution in [3.05, 3.63) is 21.7 Å². The summed E-state index contributed by atoms with van der Waals surface area (Å²) in [5.74, 6) is 0. The average molecular weight is 191 g/mol. The number of nitrogen functional groups attached to an aromatic ring is 2. The van der Waals surface area contributed by atoms with E-state index in [-0.39, 0.29) is 0 Å². The van der Waals surface area contributed by atoms with Crippen molar-refractivity contribution in [2.45, 2.75) is 6.92 Å². The molecule has 1 aromatic carbocycles. The van der Waals surface area contributed by atoms with Crippen LogP contribution in [0, 0.1) is 6.92 Å². The minimum Gasteiger partial charge on any atom is -0.397 e. The highest BCUT2D eigenvalue weighted by atomic mass is 35.5. The molecule has 0 spiro atoms. The fourth-order valence-corrected chi connectivity index (χ4v) is 1.17. The number of anilines is 2. The lowest BCUT2D eigenvalue weighted by Crippen LogP contribution is -1.95. The summed E-state index contributed by atoms with van der Waals surface area (Å²) in [6, 6.07) is 1.70. The fourth-order valence-electron chi connectivity index (χ4n) is 0.824. The van der Waals surface area contributed by atoms with Crippen molar-refractivity contribution in [3.63, 3.8) is 0 Å². The number of aryl methyl sites for hydroxylation is 1. The zero-order valence-corrected chi connectivity index (χ0v) is 7.50. The van der Waals surface area contributed by atoms with E-state index in [1.54, 1.807) is 6.07 Å². The molecule has 2 nitrogen and oxygen atoms in total. The first-order valence-corrected chi connectivity index (χ1v) is 3.79. The molecule has 0 aromatic heterocycles. The Morgan fingerprint density at radius 2 is 1.73 bits per heavy atom. The van der Waals surface area contributed by atoms with Gasteiger partial charge in [0.1, 0.15) is 0 Å². The molecule has 0 aliphatic carbocycles. The minimum absolute atomic E-state index is 0.334. The summed E-state index contributed by atoms with van der Waals surface area (Å²) in [7, 11) is 0. The Bertz CT molecular complexity index is 271. The van der Waals surface area contributed by atoms with E-state index in [0.29, 0.717) is 21.4 Å². The van der Waals surface area contributed by atoms with E-state index in [2.05, 4.69) is 0 Å². The third-order valence-corrected chi connectivity index (χ3v) is 2.37. The first kappa shape index (κ1) is 8.50. The Morgan fingerprint density at radius 1 is 1.18 bits per heavy atom. The quantitative estimate of drug-likeness (QED) is 0.618. The molecule has 0 bridgehead atoms. The van der Waals surface area contributed by atoms with Crippen molar-refractivity contribution in [1.82, 2.24) is 0 Å². The molecule has 0 aliphatic rings. The van der Waals surface area contributed by atoms with Gasteiger partial charge in [0.15, 0.2) is 0 Å². The van der Waals surface area contributed by atoms with E-state index in [4.69, 9.17) is 34.7 Å². The van der Waals surface area contributed by atoms with Gasteiger partial charge in [-0.3, -0.25) is 0 Å². The van der Waals surface area contributed by atoms with E-state index >= 15 is 0 Å². The van der Waals surface area contributed by atoms with Gasteiger partial charge in [0.25, 0.3) is 0 Å². The fraction of sp³-hybridized carbons (Fsp3) is 0.143. The number of hydrogen-bond acceptors (Lipinski definition) is 2. The Labute approximate surface area is 75.1 Å².